The molecule has 2 aromatic carbocycles. The van der Waals surface area contributed by atoms with E-state index in [1.165, 1.54) is 12.5 Å². The van der Waals surface area contributed by atoms with Gasteiger partial charge in [-0.25, -0.2) is 4.98 Å². The van der Waals surface area contributed by atoms with Crippen LogP contribution in [0.3, 0.4) is 0 Å². The van der Waals surface area contributed by atoms with Crippen molar-refractivity contribution in [3.05, 3.63) is 93.7 Å². The van der Waals surface area contributed by atoms with Crippen LogP contribution in [0, 0.1) is 0 Å². The molecule has 6 heteroatoms. The van der Waals surface area contributed by atoms with Crippen LogP contribution in [0.15, 0.2) is 65.5 Å². The summed E-state index contributed by atoms with van der Waals surface area (Å²) in [6.07, 6.45) is 3.70. The van der Waals surface area contributed by atoms with Crippen molar-refractivity contribution in [3.63, 3.8) is 0 Å². The van der Waals surface area contributed by atoms with E-state index in [-0.39, 0.29) is 17.5 Å². The molecule has 1 aromatic heterocycles. The zero-order valence-corrected chi connectivity index (χ0v) is 16.9. The highest BCUT2D eigenvalue weighted by atomic mass is 16.5. The summed E-state index contributed by atoms with van der Waals surface area (Å²) in [5.41, 5.74) is 2.04. The van der Waals surface area contributed by atoms with Crippen LogP contribution in [0.4, 0.5) is 0 Å². The number of H-pyrrole nitrogens is 1. The Labute approximate surface area is 175 Å². The smallest absolute Gasteiger partial charge is 0.251 e. The number of aromatic nitrogens is 2. The number of carbonyl (C=O) groups is 1. The van der Waals surface area contributed by atoms with Crippen LogP contribution in [-0.2, 0) is 6.42 Å². The van der Waals surface area contributed by atoms with E-state index in [0.29, 0.717) is 23.6 Å². The number of nitrogens with zero attached hydrogens (tertiary/aromatic N) is 1. The Morgan fingerprint density at radius 1 is 1.17 bits per heavy atom. The van der Waals surface area contributed by atoms with Crippen molar-refractivity contribution in [1.29, 1.82) is 0 Å². The van der Waals surface area contributed by atoms with Crippen molar-refractivity contribution in [1.82, 2.24) is 15.3 Å². The van der Waals surface area contributed by atoms with Crippen LogP contribution in [0.5, 0.6) is 5.75 Å². The first-order valence-corrected chi connectivity index (χ1v) is 10.2. The number of aromatic amines is 1. The second-order valence-corrected chi connectivity index (χ2v) is 7.62. The SMILES string of the molecule is COc1ccc(C(Cc2cc(=O)[nH]c(C3CCC3)n2)NC(=O)c2ccccc2)cc1. The molecule has 0 spiro atoms. The Balaban J connectivity index is 1.62. The molecule has 4 rings (SSSR count). The Morgan fingerprint density at radius 2 is 1.90 bits per heavy atom. The van der Waals surface area contributed by atoms with E-state index >= 15 is 0 Å². The van der Waals surface area contributed by atoms with Crippen molar-refractivity contribution in [2.45, 2.75) is 37.6 Å². The minimum absolute atomic E-state index is 0.148. The monoisotopic (exact) mass is 403 g/mol. The zero-order valence-electron chi connectivity index (χ0n) is 16.9. The molecule has 1 aliphatic rings. The van der Waals surface area contributed by atoms with Crippen molar-refractivity contribution in [2.24, 2.45) is 0 Å². The van der Waals surface area contributed by atoms with Crippen LogP contribution in [0.1, 0.15) is 58.7 Å². The van der Waals surface area contributed by atoms with Gasteiger partial charge in [0.05, 0.1) is 18.8 Å². The summed E-state index contributed by atoms with van der Waals surface area (Å²) in [6.45, 7) is 0. The summed E-state index contributed by atoms with van der Waals surface area (Å²) < 4.78 is 5.25. The van der Waals surface area contributed by atoms with Gasteiger partial charge < -0.3 is 15.0 Å². The predicted octanol–water partition coefficient (Wildman–Crippen LogP) is 3.76. The van der Waals surface area contributed by atoms with E-state index in [1.54, 1.807) is 19.2 Å². The van der Waals surface area contributed by atoms with Gasteiger partial charge in [-0.2, -0.15) is 0 Å². The predicted molar refractivity (Wildman–Crippen MR) is 115 cm³/mol. The molecule has 3 aromatic rings. The number of ether oxygens (including phenoxy) is 1. The minimum atomic E-state index is -0.327. The summed E-state index contributed by atoms with van der Waals surface area (Å²) in [5.74, 6) is 1.66. The average Bonchev–Trinajstić information content (AvgIpc) is 2.72. The summed E-state index contributed by atoms with van der Waals surface area (Å²) in [7, 11) is 1.62. The molecule has 30 heavy (non-hydrogen) atoms. The van der Waals surface area contributed by atoms with Crippen molar-refractivity contribution in [2.75, 3.05) is 7.11 Å². The molecule has 1 atom stereocenters. The van der Waals surface area contributed by atoms with Gasteiger partial charge in [-0.3, -0.25) is 9.59 Å². The molecule has 1 amide bonds. The maximum Gasteiger partial charge on any atom is 0.251 e. The molecule has 1 aliphatic carbocycles. The third-order valence-corrected chi connectivity index (χ3v) is 5.58. The molecule has 154 valence electrons. The molecule has 1 saturated carbocycles. The average molecular weight is 403 g/mol. The lowest BCUT2D eigenvalue weighted by Gasteiger charge is -2.25. The van der Waals surface area contributed by atoms with Gasteiger partial charge in [-0.1, -0.05) is 36.8 Å². The van der Waals surface area contributed by atoms with Crippen molar-refractivity contribution in [3.8, 4) is 5.75 Å². The molecular formula is C24H25N3O3. The summed E-state index contributed by atoms with van der Waals surface area (Å²) in [4.78, 5) is 32.6. The van der Waals surface area contributed by atoms with Gasteiger partial charge in [0.1, 0.15) is 11.6 Å². The molecule has 1 fully saturated rings. The number of rotatable bonds is 7. The number of carbonyl (C=O) groups excluding carboxylic acids is 1. The first-order chi connectivity index (χ1) is 14.6. The van der Waals surface area contributed by atoms with Crippen LogP contribution < -0.4 is 15.6 Å². The molecule has 0 saturated heterocycles. The number of nitrogens with one attached hydrogen (secondary N) is 2. The van der Waals surface area contributed by atoms with Crippen LogP contribution in [0.2, 0.25) is 0 Å². The topological polar surface area (TPSA) is 84.1 Å². The number of benzene rings is 2. The number of amides is 1. The van der Waals surface area contributed by atoms with Gasteiger partial charge in [0.15, 0.2) is 0 Å². The molecule has 2 N–H and O–H groups in total. The molecule has 6 nitrogen and oxygen atoms in total. The Kier molecular flexibility index (Phi) is 5.93. The zero-order chi connectivity index (χ0) is 20.9. The molecule has 1 heterocycles. The molecule has 1 unspecified atom stereocenters. The van der Waals surface area contributed by atoms with Crippen molar-refractivity contribution >= 4 is 5.91 Å². The van der Waals surface area contributed by atoms with Gasteiger partial charge >= 0.3 is 0 Å². The van der Waals surface area contributed by atoms with E-state index in [2.05, 4.69) is 10.3 Å². The highest BCUT2D eigenvalue weighted by Gasteiger charge is 2.23. The summed E-state index contributed by atoms with van der Waals surface area (Å²) in [6, 6.07) is 17.9. The fourth-order valence-electron chi connectivity index (χ4n) is 3.64. The second-order valence-electron chi connectivity index (χ2n) is 7.62. The first-order valence-electron chi connectivity index (χ1n) is 10.2. The van der Waals surface area contributed by atoms with Gasteiger partial charge in [0, 0.05) is 24.0 Å². The largest absolute Gasteiger partial charge is 0.497 e. The molecule has 0 aliphatic heterocycles. The third-order valence-electron chi connectivity index (χ3n) is 5.58. The highest BCUT2D eigenvalue weighted by molar-refractivity contribution is 5.94. The normalized spacial score (nSPS) is 14.6. The Hall–Kier alpha value is -3.41. The van der Waals surface area contributed by atoms with Crippen LogP contribution in [-0.4, -0.2) is 23.0 Å². The van der Waals surface area contributed by atoms with Gasteiger partial charge in [-0.05, 0) is 42.7 Å². The lowest BCUT2D eigenvalue weighted by molar-refractivity contribution is 0.0936. The van der Waals surface area contributed by atoms with E-state index in [4.69, 9.17) is 9.72 Å². The molecule has 0 radical (unpaired) electrons. The standard InChI is InChI=1S/C24H25N3O3/c1-30-20-12-10-16(11-13-20)21(26-24(29)18-6-3-2-4-7-18)14-19-15-22(28)27-23(25-19)17-8-5-9-17/h2-4,6-7,10-13,15,17,21H,5,8-9,14H2,1H3,(H,26,29)(H,25,27,28). The minimum Gasteiger partial charge on any atom is -0.497 e. The third kappa shape index (κ3) is 4.59. The van der Waals surface area contributed by atoms with Crippen molar-refractivity contribution < 1.29 is 9.53 Å². The number of methoxy groups -OCH3 is 1. The first kappa shape index (κ1) is 19.9. The van der Waals surface area contributed by atoms with Crippen LogP contribution >= 0.6 is 0 Å². The van der Waals surface area contributed by atoms with Crippen LogP contribution in [0.25, 0.3) is 0 Å². The number of hydrogen-bond acceptors (Lipinski definition) is 4. The second kappa shape index (κ2) is 8.95. The molecular weight excluding hydrogens is 378 g/mol. The lowest BCUT2D eigenvalue weighted by atomic mass is 9.85. The van der Waals surface area contributed by atoms with E-state index in [9.17, 15) is 9.59 Å². The van der Waals surface area contributed by atoms with E-state index in [0.717, 1.165) is 30.0 Å². The van der Waals surface area contributed by atoms with Gasteiger partial charge in [0.2, 0.25) is 0 Å². The summed E-state index contributed by atoms with van der Waals surface area (Å²) in [5, 5.41) is 3.10. The summed E-state index contributed by atoms with van der Waals surface area (Å²) >= 11 is 0. The van der Waals surface area contributed by atoms with Gasteiger partial charge in [0.25, 0.3) is 11.5 Å². The highest BCUT2D eigenvalue weighted by Crippen LogP contribution is 2.34. The Morgan fingerprint density at radius 3 is 2.53 bits per heavy atom. The number of hydrogen-bond donors (Lipinski definition) is 2. The fraction of sp³-hybridized carbons (Fsp3) is 0.292. The lowest BCUT2D eigenvalue weighted by Crippen LogP contribution is -2.31. The maximum absolute atomic E-state index is 12.8. The fourth-order valence-corrected chi connectivity index (χ4v) is 3.64. The van der Waals surface area contributed by atoms with E-state index < -0.39 is 0 Å². The quantitative estimate of drug-likeness (QED) is 0.629. The van der Waals surface area contributed by atoms with E-state index in [1.807, 2.05) is 42.5 Å². The molecule has 0 bridgehead atoms. The van der Waals surface area contributed by atoms with Gasteiger partial charge in [-0.15, -0.1) is 0 Å². The Bertz CT molecular complexity index is 1060. The maximum atomic E-state index is 12.8.